The van der Waals surface area contributed by atoms with Crippen molar-refractivity contribution < 1.29 is 9.59 Å². The molecule has 128 valence electrons. The topological polar surface area (TPSA) is 40.6 Å². The first-order valence-corrected chi connectivity index (χ1v) is 9.37. The van der Waals surface area contributed by atoms with Gasteiger partial charge in [0, 0.05) is 34.7 Å². The largest absolute Gasteiger partial charge is 0.329 e. The molecule has 1 saturated heterocycles. The van der Waals surface area contributed by atoms with Crippen LogP contribution in [0.3, 0.4) is 0 Å². The van der Waals surface area contributed by atoms with E-state index in [1.54, 1.807) is 16.7 Å². The zero-order valence-electron chi connectivity index (χ0n) is 14.3. The maximum absolute atomic E-state index is 13.5. The third-order valence-corrected chi connectivity index (χ3v) is 6.05. The molecule has 4 rings (SSSR count). The van der Waals surface area contributed by atoms with E-state index >= 15 is 0 Å². The molecular weight excluding hydrogens is 332 g/mol. The van der Waals surface area contributed by atoms with Crippen LogP contribution in [0.2, 0.25) is 0 Å². The van der Waals surface area contributed by atoms with Crippen molar-refractivity contribution in [3.8, 4) is 0 Å². The number of likely N-dealkylation sites (tertiary alicyclic amines) is 1. The highest BCUT2D eigenvalue weighted by Gasteiger charge is 2.37. The van der Waals surface area contributed by atoms with Crippen LogP contribution in [-0.4, -0.2) is 29.3 Å². The monoisotopic (exact) mass is 352 g/mol. The van der Waals surface area contributed by atoms with Gasteiger partial charge in [-0.25, -0.2) is 4.79 Å². The summed E-state index contributed by atoms with van der Waals surface area (Å²) >= 11 is 1.69. The number of piperidine rings is 1. The number of ketones is 1. The van der Waals surface area contributed by atoms with E-state index in [4.69, 9.17) is 0 Å². The predicted octanol–water partition coefficient (Wildman–Crippen LogP) is 4.71. The number of amides is 2. The van der Waals surface area contributed by atoms with Crippen LogP contribution in [0.25, 0.3) is 0 Å². The lowest BCUT2D eigenvalue weighted by Gasteiger charge is -2.40. The van der Waals surface area contributed by atoms with Crippen molar-refractivity contribution in [3.63, 3.8) is 0 Å². The van der Waals surface area contributed by atoms with E-state index in [0.717, 1.165) is 21.2 Å². The van der Waals surface area contributed by atoms with Crippen LogP contribution in [0.5, 0.6) is 0 Å². The molecule has 2 aliphatic rings. The molecule has 1 fully saturated rings. The quantitative estimate of drug-likeness (QED) is 0.689. The Balaban J connectivity index is 1.77. The van der Waals surface area contributed by atoms with Gasteiger partial charge < -0.3 is 4.90 Å². The molecule has 2 aromatic carbocycles. The van der Waals surface area contributed by atoms with Gasteiger partial charge in [0.1, 0.15) is 5.78 Å². The molecule has 0 saturated carbocycles. The first-order valence-electron chi connectivity index (χ1n) is 8.55. The van der Waals surface area contributed by atoms with Gasteiger partial charge in [-0.15, -0.1) is 0 Å². The fraction of sp³-hybridized carbons (Fsp3) is 0.300. The van der Waals surface area contributed by atoms with Gasteiger partial charge in [0.2, 0.25) is 0 Å². The fourth-order valence-corrected chi connectivity index (χ4v) is 4.54. The Kier molecular flexibility index (Phi) is 4.04. The Labute approximate surface area is 151 Å². The van der Waals surface area contributed by atoms with Crippen molar-refractivity contribution in [2.45, 2.75) is 36.1 Å². The molecule has 4 nitrogen and oxygen atoms in total. The van der Waals surface area contributed by atoms with Gasteiger partial charge in [-0.2, -0.15) is 0 Å². The molecule has 2 atom stereocenters. The fourth-order valence-electron chi connectivity index (χ4n) is 3.49. The number of nitrogens with zero attached hydrogens (tertiary/aromatic N) is 2. The summed E-state index contributed by atoms with van der Waals surface area (Å²) in [6.07, 6.45) is 0.429. The van der Waals surface area contributed by atoms with Crippen LogP contribution in [0, 0.1) is 5.92 Å². The average molecular weight is 352 g/mol. The van der Waals surface area contributed by atoms with Gasteiger partial charge in [-0.3, -0.25) is 9.69 Å². The first kappa shape index (κ1) is 16.2. The van der Waals surface area contributed by atoms with E-state index in [0.29, 0.717) is 13.0 Å². The molecule has 0 unspecified atom stereocenters. The predicted molar refractivity (Wildman–Crippen MR) is 99.5 cm³/mol. The molecule has 5 heteroatoms. The van der Waals surface area contributed by atoms with Crippen LogP contribution in [0.15, 0.2) is 58.3 Å². The van der Waals surface area contributed by atoms with Crippen LogP contribution in [-0.2, 0) is 4.79 Å². The summed E-state index contributed by atoms with van der Waals surface area (Å²) in [5.74, 6) is 0.136. The third kappa shape index (κ3) is 2.72. The van der Waals surface area contributed by atoms with Gasteiger partial charge in [0.25, 0.3) is 0 Å². The summed E-state index contributed by atoms with van der Waals surface area (Å²) in [6.45, 7) is 4.34. The Morgan fingerprint density at radius 1 is 1.00 bits per heavy atom. The second kappa shape index (κ2) is 6.23. The zero-order valence-corrected chi connectivity index (χ0v) is 15.1. The van der Waals surface area contributed by atoms with Crippen molar-refractivity contribution >= 4 is 35.0 Å². The third-order valence-electron chi connectivity index (χ3n) is 4.92. The second-order valence-electron chi connectivity index (χ2n) is 6.73. The molecule has 0 radical (unpaired) electrons. The average Bonchev–Trinajstić information content (AvgIpc) is 2.62. The smallest absolute Gasteiger partial charge is 0.320 e. The summed E-state index contributed by atoms with van der Waals surface area (Å²) < 4.78 is 0. The number of rotatable bonds is 0. The van der Waals surface area contributed by atoms with Gasteiger partial charge in [0.15, 0.2) is 0 Å². The van der Waals surface area contributed by atoms with Crippen molar-refractivity contribution in [1.29, 1.82) is 0 Å². The Hall–Kier alpha value is -2.27. The maximum Gasteiger partial charge on any atom is 0.329 e. The minimum Gasteiger partial charge on any atom is -0.320 e. The number of Topliss-reactive ketones (excluding diaryl/α,β-unsaturated/α-hetero) is 1. The van der Waals surface area contributed by atoms with Crippen LogP contribution in [0.1, 0.15) is 20.3 Å². The molecule has 2 aromatic rings. The minimum atomic E-state index is -0.107. The number of carbonyl (C=O) groups excluding carboxylic acids is 2. The number of para-hydroxylation sites is 2. The highest BCUT2D eigenvalue weighted by atomic mass is 32.2. The number of carbonyl (C=O) groups is 2. The van der Waals surface area contributed by atoms with Gasteiger partial charge >= 0.3 is 6.03 Å². The summed E-state index contributed by atoms with van der Waals surface area (Å²) in [4.78, 5) is 31.3. The maximum atomic E-state index is 13.5. The standard InChI is InChI=1S/C20H20N2O2S/c1-13-12-21(14(2)11-17(13)23)20(24)22-15-7-3-5-9-18(15)25-19-10-6-4-8-16(19)22/h3-10,13-14H,11-12H2,1-2H3/t13-,14-/m0/s1. The molecule has 2 heterocycles. The highest BCUT2D eigenvalue weighted by Crippen LogP contribution is 2.48. The van der Waals surface area contributed by atoms with Gasteiger partial charge in [-0.1, -0.05) is 43.0 Å². The van der Waals surface area contributed by atoms with Crippen molar-refractivity contribution in [2.24, 2.45) is 5.92 Å². The zero-order chi connectivity index (χ0) is 17.6. The first-order chi connectivity index (χ1) is 12.1. The molecule has 2 amide bonds. The highest BCUT2D eigenvalue weighted by molar-refractivity contribution is 7.99. The SMILES string of the molecule is C[C@H]1CN(C(=O)N2c3ccccc3Sc3ccccc32)[C@@H](C)CC1=O. The second-order valence-corrected chi connectivity index (χ2v) is 7.81. The van der Waals surface area contributed by atoms with E-state index in [1.165, 1.54) is 0 Å². The summed E-state index contributed by atoms with van der Waals surface area (Å²) in [6, 6.07) is 15.8. The van der Waals surface area contributed by atoms with Crippen molar-refractivity contribution in [1.82, 2.24) is 4.90 Å². The Bertz CT molecular complexity index is 806. The Morgan fingerprint density at radius 3 is 2.16 bits per heavy atom. The molecule has 2 aliphatic heterocycles. The molecular formula is C20H20N2O2S. The van der Waals surface area contributed by atoms with Crippen LogP contribution in [0.4, 0.5) is 16.2 Å². The lowest BCUT2D eigenvalue weighted by molar-refractivity contribution is -0.126. The van der Waals surface area contributed by atoms with E-state index in [2.05, 4.69) is 0 Å². The van der Waals surface area contributed by atoms with Gasteiger partial charge in [0.05, 0.1) is 11.4 Å². The molecule has 0 bridgehead atoms. The summed E-state index contributed by atoms with van der Waals surface area (Å²) in [7, 11) is 0. The lowest BCUT2D eigenvalue weighted by Crippen LogP contribution is -2.52. The molecule has 0 aromatic heterocycles. The Morgan fingerprint density at radius 2 is 1.56 bits per heavy atom. The van der Waals surface area contributed by atoms with Gasteiger partial charge in [-0.05, 0) is 31.2 Å². The van der Waals surface area contributed by atoms with E-state index in [9.17, 15) is 9.59 Å². The normalized spacial score (nSPS) is 22.4. The van der Waals surface area contributed by atoms with Crippen LogP contribution >= 0.6 is 11.8 Å². The minimum absolute atomic E-state index is 0.0490. The molecule has 0 spiro atoms. The van der Waals surface area contributed by atoms with E-state index < -0.39 is 0 Å². The number of hydrogen-bond donors (Lipinski definition) is 0. The molecule has 25 heavy (non-hydrogen) atoms. The summed E-state index contributed by atoms with van der Waals surface area (Å²) in [5, 5.41) is 0. The number of urea groups is 1. The molecule has 0 N–H and O–H groups in total. The summed E-state index contributed by atoms with van der Waals surface area (Å²) in [5.41, 5.74) is 1.82. The number of hydrogen-bond acceptors (Lipinski definition) is 3. The van der Waals surface area contributed by atoms with E-state index in [1.807, 2.05) is 67.3 Å². The number of fused-ring (bicyclic) bond motifs is 2. The van der Waals surface area contributed by atoms with Crippen molar-refractivity contribution in [2.75, 3.05) is 11.4 Å². The van der Waals surface area contributed by atoms with E-state index in [-0.39, 0.29) is 23.8 Å². The molecule has 0 aliphatic carbocycles. The van der Waals surface area contributed by atoms with Crippen LogP contribution < -0.4 is 4.90 Å². The number of benzene rings is 2. The van der Waals surface area contributed by atoms with Crippen molar-refractivity contribution in [3.05, 3.63) is 48.5 Å². The lowest BCUT2D eigenvalue weighted by atomic mass is 9.94. The number of anilines is 2.